The van der Waals surface area contributed by atoms with Crippen LogP contribution in [0.25, 0.3) is 11.0 Å². The van der Waals surface area contributed by atoms with Crippen molar-refractivity contribution in [2.24, 2.45) is 7.05 Å². The fourth-order valence-electron chi connectivity index (χ4n) is 5.06. The van der Waals surface area contributed by atoms with E-state index >= 15 is 0 Å². The summed E-state index contributed by atoms with van der Waals surface area (Å²) < 4.78 is 2.89. The highest BCUT2D eigenvalue weighted by atomic mass is 16.2. The molecule has 0 saturated carbocycles. The molecule has 184 valence electrons. The van der Waals surface area contributed by atoms with E-state index in [0.717, 1.165) is 12.1 Å². The van der Waals surface area contributed by atoms with E-state index in [1.807, 2.05) is 53.4 Å². The number of carbonyl (C=O) groups excluding carboxylic acids is 1. The Morgan fingerprint density at radius 1 is 0.889 bits per heavy atom. The number of rotatable bonds is 4. The van der Waals surface area contributed by atoms with E-state index in [-0.39, 0.29) is 18.5 Å². The van der Waals surface area contributed by atoms with Crippen molar-refractivity contribution in [1.29, 1.82) is 0 Å². The van der Waals surface area contributed by atoms with Crippen LogP contribution in [0.5, 0.6) is 0 Å². The Hall–Kier alpha value is -4.13. The van der Waals surface area contributed by atoms with Gasteiger partial charge in [0.05, 0.1) is 17.6 Å². The van der Waals surface area contributed by atoms with E-state index in [0.29, 0.717) is 29.7 Å². The standard InChI is InChI=1S/C29H30N4O3/c1-20-7-6-8-24(17-20)32-16-15-31(18-21(32)2)27(34)23-13-11-22(12-14-23)19-33-26-10-5-4-9-25(26)30(3)28(35)29(33)36/h4-14,17,21H,15-16,18-19H2,1-3H3/t21-/m1/s1. The smallest absolute Gasteiger partial charge is 0.317 e. The summed E-state index contributed by atoms with van der Waals surface area (Å²) in [5.41, 5.74) is 4.18. The first-order valence-corrected chi connectivity index (χ1v) is 12.2. The molecule has 4 aromatic rings. The second kappa shape index (κ2) is 9.49. The summed E-state index contributed by atoms with van der Waals surface area (Å²) in [7, 11) is 1.61. The first-order chi connectivity index (χ1) is 17.3. The molecule has 1 fully saturated rings. The molecule has 0 radical (unpaired) electrons. The number of amides is 1. The van der Waals surface area contributed by atoms with Crippen molar-refractivity contribution < 1.29 is 4.79 Å². The normalized spacial score (nSPS) is 15.9. The van der Waals surface area contributed by atoms with Crippen molar-refractivity contribution in [3.63, 3.8) is 0 Å². The van der Waals surface area contributed by atoms with E-state index in [4.69, 9.17) is 0 Å². The number of piperazine rings is 1. The van der Waals surface area contributed by atoms with E-state index < -0.39 is 11.1 Å². The van der Waals surface area contributed by atoms with Crippen LogP contribution in [0.3, 0.4) is 0 Å². The average molecular weight is 483 g/mol. The van der Waals surface area contributed by atoms with Crippen LogP contribution in [0, 0.1) is 6.92 Å². The van der Waals surface area contributed by atoms with Gasteiger partial charge in [-0.15, -0.1) is 0 Å². The molecule has 36 heavy (non-hydrogen) atoms. The molecule has 1 aromatic heterocycles. The number of aryl methyl sites for hydroxylation is 2. The highest BCUT2D eigenvalue weighted by molar-refractivity contribution is 5.94. The van der Waals surface area contributed by atoms with Crippen molar-refractivity contribution in [3.05, 3.63) is 110 Å². The van der Waals surface area contributed by atoms with Crippen molar-refractivity contribution in [2.75, 3.05) is 24.5 Å². The third-order valence-electron chi connectivity index (χ3n) is 7.06. The lowest BCUT2D eigenvalue weighted by Gasteiger charge is -2.41. The van der Waals surface area contributed by atoms with Gasteiger partial charge in [0.1, 0.15) is 0 Å². The minimum atomic E-state index is -0.558. The summed E-state index contributed by atoms with van der Waals surface area (Å²) in [6, 6.07) is 23.4. The van der Waals surface area contributed by atoms with E-state index in [1.54, 1.807) is 7.05 Å². The van der Waals surface area contributed by atoms with Crippen molar-refractivity contribution >= 4 is 22.6 Å². The van der Waals surface area contributed by atoms with Gasteiger partial charge in [0.15, 0.2) is 0 Å². The maximum Gasteiger partial charge on any atom is 0.317 e. The molecule has 0 bridgehead atoms. The number of hydrogen-bond donors (Lipinski definition) is 0. The zero-order chi connectivity index (χ0) is 25.4. The van der Waals surface area contributed by atoms with Crippen LogP contribution >= 0.6 is 0 Å². The third-order valence-corrected chi connectivity index (χ3v) is 7.06. The molecule has 1 atom stereocenters. The van der Waals surface area contributed by atoms with Crippen LogP contribution in [0.4, 0.5) is 5.69 Å². The SMILES string of the molecule is Cc1cccc(N2CCN(C(=O)c3ccc(Cn4c(=O)c(=O)n(C)c5ccccc54)cc3)C[C@H]2C)c1. The Kier molecular flexibility index (Phi) is 6.22. The molecule has 0 aliphatic carbocycles. The number of aromatic nitrogens is 2. The van der Waals surface area contributed by atoms with Gasteiger partial charge in [-0.25, -0.2) is 0 Å². The number of carbonyl (C=O) groups is 1. The highest BCUT2D eigenvalue weighted by Crippen LogP contribution is 2.23. The summed E-state index contributed by atoms with van der Waals surface area (Å²) in [6.07, 6.45) is 0. The number of nitrogens with zero attached hydrogens (tertiary/aromatic N) is 4. The van der Waals surface area contributed by atoms with Crippen LogP contribution in [0.1, 0.15) is 28.4 Å². The molecule has 0 unspecified atom stereocenters. The largest absolute Gasteiger partial charge is 0.365 e. The minimum absolute atomic E-state index is 0.00786. The molecule has 0 spiro atoms. The quantitative estimate of drug-likeness (QED) is 0.418. The van der Waals surface area contributed by atoms with Crippen molar-refractivity contribution in [2.45, 2.75) is 26.4 Å². The van der Waals surface area contributed by atoms with Crippen LogP contribution in [-0.2, 0) is 13.6 Å². The summed E-state index contributed by atoms with van der Waals surface area (Å²) in [5.74, 6) is 0.00786. The molecule has 0 N–H and O–H groups in total. The molecule has 2 heterocycles. The van der Waals surface area contributed by atoms with Gasteiger partial charge < -0.3 is 14.4 Å². The van der Waals surface area contributed by atoms with Crippen LogP contribution in [0.2, 0.25) is 0 Å². The molecule has 7 heteroatoms. The number of anilines is 1. The van der Waals surface area contributed by atoms with E-state index in [2.05, 4.69) is 43.0 Å². The molecule has 1 amide bonds. The van der Waals surface area contributed by atoms with Crippen LogP contribution in [-0.4, -0.2) is 45.6 Å². The molecular formula is C29H30N4O3. The zero-order valence-electron chi connectivity index (χ0n) is 20.8. The second-order valence-electron chi connectivity index (χ2n) is 9.57. The summed E-state index contributed by atoms with van der Waals surface area (Å²) in [6.45, 7) is 6.60. The average Bonchev–Trinajstić information content (AvgIpc) is 2.89. The van der Waals surface area contributed by atoms with E-state index in [9.17, 15) is 14.4 Å². The van der Waals surface area contributed by atoms with Gasteiger partial charge in [0.25, 0.3) is 5.91 Å². The van der Waals surface area contributed by atoms with Crippen molar-refractivity contribution in [3.8, 4) is 0 Å². The third kappa shape index (κ3) is 4.33. The molecular weight excluding hydrogens is 452 g/mol. The molecule has 1 aliphatic rings. The fraction of sp³-hybridized carbons (Fsp3) is 0.276. The maximum absolute atomic E-state index is 13.2. The van der Waals surface area contributed by atoms with Crippen LogP contribution < -0.4 is 16.0 Å². The number of benzene rings is 3. The van der Waals surface area contributed by atoms with Gasteiger partial charge >= 0.3 is 11.1 Å². The minimum Gasteiger partial charge on any atom is -0.365 e. The summed E-state index contributed by atoms with van der Waals surface area (Å²) >= 11 is 0. The monoisotopic (exact) mass is 482 g/mol. The highest BCUT2D eigenvalue weighted by Gasteiger charge is 2.27. The fourth-order valence-corrected chi connectivity index (χ4v) is 5.06. The lowest BCUT2D eigenvalue weighted by Crippen LogP contribution is -2.53. The Balaban J connectivity index is 1.32. The zero-order valence-corrected chi connectivity index (χ0v) is 20.8. The first-order valence-electron chi connectivity index (χ1n) is 12.2. The van der Waals surface area contributed by atoms with Gasteiger partial charge in [-0.1, -0.05) is 36.4 Å². The van der Waals surface area contributed by atoms with E-state index in [1.165, 1.54) is 20.4 Å². The Morgan fingerprint density at radius 2 is 1.61 bits per heavy atom. The first kappa shape index (κ1) is 23.6. The maximum atomic E-state index is 13.2. The van der Waals surface area contributed by atoms with Gasteiger partial charge in [-0.2, -0.15) is 0 Å². The number of para-hydroxylation sites is 2. The van der Waals surface area contributed by atoms with Gasteiger partial charge in [-0.3, -0.25) is 19.0 Å². The van der Waals surface area contributed by atoms with Gasteiger partial charge in [0.2, 0.25) is 0 Å². The Morgan fingerprint density at radius 3 is 2.31 bits per heavy atom. The lowest BCUT2D eigenvalue weighted by molar-refractivity contribution is 0.0726. The number of fused-ring (bicyclic) bond motifs is 1. The van der Waals surface area contributed by atoms with Crippen molar-refractivity contribution in [1.82, 2.24) is 14.0 Å². The molecule has 5 rings (SSSR count). The van der Waals surface area contributed by atoms with Gasteiger partial charge in [-0.05, 0) is 61.4 Å². The Bertz CT molecular complexity index is 1550. The predicted octanol–water partition coefficient (Wildman–Crippen LogP) is 3.41. The summed E-state index contributed by atoms with van der Waals surface area (Å²) in [5, 5.41) is 0. The summed E-state index contributed by atoms with van der Waals surface area (Å²) in [4.78, 5) is 42.7. The molecule has 7 nitrogen and oxygen atoms in total. The number of hydrogen-bond acceptors (Lipinski definition) is 4. The second-order valence-corrected chi connectivity index (χ2v) is 9.57. The Labute approximate surface area is 209 Å². The molecule has 1 aliphatic heterocycles. The predicted molar refractivity (Wildman–Crippen MR) is 143 cm³/mol. The molecule has 1 saturated heterocycles. The topological polar surface area (TPSA) is 67.5 Å². The van der Waals surface area contributed by atoms with Crippen LogP contribution in [0.15, 0.2) is 82.4 Å². The lowest BCUT2D eigenvalue weighted by atomic mass is 10.1. The van der Waals surface area contributed by atoms with Gasteiger partial charge in [0, 0.05) is 44.0 Å². The molecule has 3 aromatic carbocycles.